The molecule has 2 fully saturated rings. The highest BCUT2D eigenvalue weighted by Crippen LogP contribution is 2.41. The zero-order valence-electron chi connectivity index (χ0n) is 26.0. The summed E-state index contributed by atoms with van der Waals surface area (Å²) in [5.74, 6) is -3.60. The maximum absolute atomic E-state index is 13.6. The van der Waals surface area contributed by atoms with Gasteiger partial charge in [0.05, 0.1) is 43.3 Å². The van der Waals surface area contributed by atoms with Gasteiger partial charge in [0.15, 0.2) is 5.69 Å². The number of nitrogens with zero attached hydrogens (tertiary/aromatic N) is 4. The van der Waals surface area contributed by atoms with Crippen LogP contribution in [0.25, 0.3) is 11.1 Å². The minimum Gasteiger partial charge on any atom is -0.401 e. The zero-order valence-corrected chi connectivity index (χ0v) is 27.8. The van der Waals surface area contributed by atoms with E-state index in [1.807, 2.05) is 50.2 Å². The van der Waals surface area contributed by atoms with Gasteiger partial charge in [-0.05, 0) is 29.3 Å². The number of halogens is 3. The van der Waals surface area contributed by atoms with Crippen molar-refractivity contribution in [2.24, 2.45) is 0 Å². The van der Waals surface area contributed by atoms with Crippen molar-refractivity contribution in [2.75, 3.05) is 31.1 Å². The highest BCUT2D eigenvalue weighted by atomic mass is 35.5. The molecule has 238 valence electrons. The van der Waals surface area contributed by atoms with E-state index in [9.17, 15) is 13.6 Å². The topological polar surface area (TPSA) is 80.9 Å². The van der Waals surface area contributed by atoms with Crippen LogP contribution in [0.2, 0.25) is 10.1 Å². The molecule has 0 bridgehead atoms. The highest BCUT2D eigenvalue weighted by Gasteiger charge is 2.51. The van der Waals surface area contributed by atoms with Crippen LogP contribution < -0.4 is 15.3 Å². The van der Waals surface area contributed by atoms with Crippen LogP contribution in [0.1, 0.15) is 50.8 Å². The Morgan fingerprint density at radius 2 is 1.58 bits per heavy atom. The first-order valence-electron chi connectivity index (χ1n) is 15.1. The molecule has 2 aromatic heterocycles. The number of anilines is 1. The molecule has 12 heteroatoms. The number of pyridine rings is 1. The lowest BCUT2D eigenvalue weighted by Crippen LogP contribution is -2.66. The number of fused-ring (bicyclic) bond motifs is 1. The number of ether oxygens (including phenoxy) is 1. The summed E-state index contributed by atoms with van der Waals surface area (Å²) in [5, 5.41) is 6.12. The number of morpholine rings is 1. The standard InChI is InChI=1S/C33H37ClF2N4O4Si/c1-21-16-39(17-22(2)43-21)29-25(37-27-28(38-44-30(27)26(29)34)31(41)40-19-33(35,36)20-40)18-42-45(32(3,4)5,23-12-8-6-9-13-23)24-14-10-7-11-15-24/h6-15,21-22H,16-20H2,1-5H3/t21-,22+. The van der Waals surface area contributed by atoms with E-state index in [-0.39, 0.29) is 45.7 Å². The molecule has 0 aliphatic carbocycles. The third kappa shape index (κ3) is 5.75. The second-order valence-corrected chi connectivity index (χ2v) is 17.7. The number of benzene rings is 2. The fraction of sp³-hybridized carbons (Fsp3) is 0.424. The third-order valence-electron chi connectivity index (χ3n) is 8.51. The van der Waals surface area contributed by atoms with E-state index in [1.54, 1.807) is 0 Å². The van der Waals surface area contributed by atoms with Crippen LogP contribution in [0.4, 0.5) is 14.5 Å². The van der Waals surface area contributed by atoms with Crippen LogP contribution in [0.5, 0.6) is 0 Å². The van der Waals surface area contributed by atoms with Gasteiger partial charge in [0.25, 0.3) is 20.1 Å². The van der Waals surface area contributed by atoms with Crippen molar-refractivity contribution in [3.8, 4) is 0 Å². The molecule has 2 saturated heterocycles. The van der Waals surface area contributed by atoms with Gasteiger partial charge < -0.3 is 23.5 Å². The molecule has 6 rings (SSSR count). The van der Waals surface area contributed by atoms with Gasteiger partial charge in [0.2, 0.25) is 5.58 Å². The van der Waals surface area contributed by atoms with Gasteiger partial charge >= 0.3 is 0 Å². The number of alkyl halides is 2. The van der Waals surface area contributed by atoms with Crippen LogP contribution in [-0.4, -0.2) is 73.6 Å². The predicted octanol–water partition coefficient (Wildman–Crippen LogP) is 5.66. The molecule has 0 radical (unpaired) electrons. The first-order valence-corrected chi connectivity index (χ1v) is 17.4. The average Bonchev–Trinajstić information content (AvgIpc) is 3.40. The summed E-state index contributed by atoms with van der Waals surface area (Å²) in [6.07, 6.45) is -0.156. The molecule has 0 unspecified atom stereocenters. The van der Waals surface area contributed by atoms with E-state index >= 15 is 0 Å². The number of aromatic nitrogens is 2. The van der Waals surface area contributed by atoms with Crippen LogP contribution in [0, 0.1) is 0 Å². The summed E-state index contributed by atoms with van der Waals surface area (Å²) < 4.78 is 46.1. The molecule has 0 N–H and O–H groups in total. The van der Waals surface area contributed by atoms with Gasteiger partial charge in [-0.1, -0.05) is 98.2 Å². The SMILES string of the molecule is C[C@@H]1CN(c2c(CO[Si](c3ccccc3)(c3ccccc3)C(C)(C)C)nc3c(C(=O)N4CC(F)(F)C4)noc3c2Cl)C[C@H](C)O1. The lowest BCUT2D eigenvalue weighted by molar-refractivity contribution is -0.113. The molecule has 4 aromatic rings. The minimum atomic E-state index is -2.99. The quantitative estimate of drug-likeness (QED) is 0.238. The van der Waals surface area contributed by atoms with Gasteiger partial charge in [-0.3, -0.25) is 4.79 Å². The minimum absolute atomic E-state index is 0.0684. The van der Waals surface area contributed by atoms with Crippen molar-refractivity contribution < 1.29 is 27.3 Å². The van der Waals surface area contributed by atoms with Crippen LogP contribution >= 0.6 is 11.6 Å². The van der Waals surface area contributed by atoms with Crippen molar-refractivity contribution in [2.45, 2.75) is 64.4 Å². The first kappa shape index (κ1) is 31.6. The second-order valence-electron chi connectivity index (χ2n) is 13.1. The average molecular weight is 655 g/mol. The largest absolute Gasteiger partial charge is 0.401 e. The Morgan fingerprint density at radius 3 is 2.09 bits per heavy atom. The summed E-state index contributed by atoms with van der Waals surface area (Å²) in [4.78, 5) is 21.3. The van der Waals surface area contributed by atoms with Gasteiger partial charge in [-0.2, -0.15) is 0 Å². The highest BCUT2D eigenvalue weighted by molar-refractivity contribution is 6.99. The maximum Gasteiger partial charge on any atom is 0.282 e. The Kier molecular flexibility index (Phi) is 8.26. The van der Waals surface area contributed by atoms with E-state index in [0.29, 0.717) is 24.5 Å². The lowest BCUT2D eigenvalue weighted by Gasteiger charge is -2.43. The molecular formula is C33H37ClF2N4O4Si. The molecule has 4 heterocycles. The molecule has 2 aliphatic heterocycles. The van der Waals surface area contributed by atoms with Crippen molar-refractivity contribution >= 4 is 53.0 Å². The summed E-state index contributed by atoms with van der Waals surface area (Å²) in [5.41, 5.74) is 1.23. The lowest BCUT2D eigenvalue weighted by atomic mass is 10.1. The fourth-order valence-electron chi connectivity index (χ4n) is 6.62. The van der Waals surface area contributed by atoms with Crippen molar-refractivity contribution in [3.63, 3.8) is 0 Å². The van der Waals surface area contributed by atoms with E-state index in [2.05, 4.69) is 55.1 Å². The van der Waals surface area contributed by atoms with Crippen molar-refractivity contribution in [1.82, 2.24) is 15.0 Å². The molecule has 2 atom stereocenters. The summed E-state index contributed by atoms with van der Waals surface area (Å²) >= 11 is 7.09. The van der Waals surface area contributed by atoms with E-state index < -0.39 is 33.2 Å². The monoisotopic (exact) mass is 654 g/mol. The third-order valence-corrected chi connectivity index (χ3v) is 13.8. The van der Waals surface area contributed by atoms with E-state index in [1.165, 1.54) is 0 Å². The van der Waals surface area contributed by atoms with Crippen LogP contribution in [0.3, 0.4) is 0 Å². The molecule has 45 heavy (non-hydrogen) atoms. The number of carbonyl (C=O) groups excluding carboxylic acids is 1. The Hall–Kier alpha value is -3.38. The van der Waals surface area contributed by atoms with E-state index in [0.717, 1.165) is 15.3 Å². The Morgan fingerprint density at radius 1 is 1.02 bits per heavy atom. The molecule has 2 aliphatic rings. The molecule has 1 amide bonds. The van der Waals surface area contributed by atoms with Crippen LogP contribution in [-0.2, 0) is 15.8 Å². The van der Waals surface area contributed by atoms with Crippen LogP contribution in [0.15, 0.2) is 65.2 Å². The van der Waals surface area contributed by atoms with E-state index in [4.69, 9.17) is 30.3 Å². The van der Waals surface area contributed by atoms with Gasteiger partial charge in [0, 0.05) is 13.1 Å². The molecule has 0 saturated carbocycles. The fourth-order valence-corrected chi connectivity index (χ4v) is 11.5. The molecule has 0 spiro atoms. The number of amides is 1. The normalized spacial score (nSPS) is 20.4. The number of carbonyl (C=O) groups is 1. The van der Waals surface area contributed by atoms with Gasteiger partial charge in [-0.15, -0.1) is 0 Å². The first-order chi connectivity index (χ1) is 21.3. The second kappa shape index (κ2) is 11.8. The number of rotatable bonds is 7. The molecule has 8 nitrogen and oxygen atoms in total. The summed E-state index contributed by atoms with van der Waals surface area (Å²) in [7, 11) is -2.99. The maximum atomic E-state index is 13.6. The Bertz CT molecular complexity index is 1640. The van der Waals surface area contributed by atoms with Crippen molar-refractivity contribution in [3.05, 3.63) is 77.1 Å². The predicted molar refractivity (Wildman–Crippen MR) is 172 cm³/mol. The van der Waals surface area contributed by atoms with Crippen molar-refractivity contribution in [1.29, 1.82) is 0 Å². The summed E-state index contributed by atoms with van der Waals surface area (Å²) in [6.45, 7) is 10.4. The van der Waals surface area contributed by atoms with Gasteiger partial charge in [-0.25, -0.2) is 13.8 Å². The number of hydrogen-bond donors (Lipinski definition) is 0. The zero-order chi connectivity index (χ0) is 32.1. The Balaban J connectivity index is 1.49. The smallest absolute Gasteiger partial charge is 0.282 e. The Labute approximate surface area is 267 Å². The number of likely N-dealkylation sites (tertiary alicyclic amines) is 1. The molecule has 2 aromatic carbocycles. The number of hydrogen-bond acceptors (Lipinski definition) is 7. The molecular weight excluding hydrogens is 618 g/mol. The van der Waals surface area contributed by atoms with Gasteiger partial charge in [0.1, 0.15) is 10.5 Å². The summed E-state index contributed by atoms with van der Waals surface area (Å²) in [6, 6.07) is 20.5.